The quantitative estimate of drug-likeness (QED) is 0.640. The molecule has 0 saturated carbocycles. The highest BCUT2D eigenvalue weighted by atomic mass is 16.5. The van der Waals surface area contributed by atoms with Crippen LogP contribution in [-0.4, -0.2) is 35.6 Å². The normalized spacial score (nSPS) is 21.6. The fourth-order valence-corrected chi connectivity index (χ4v) is 2.74. The second kappa shape index (κ2) is 5.42. The van der Waals surface area contributed by atoms with Gasteiger partial charge < -0.3 is 15.1 Å². The summed E-state index contributed by atoms with van der Waals surface area (Å²) in [6, 6.07) is 5.62. The van der Waals surface area contributed by atoms with Crippen LogP contribution in [0.5, 0.6) is 0 Å². The van der Waals surface area contributed by atoms with Crippen molar-refractivity contribution in [2.75, 3.05) is 18.5 Å². The number of hydrogen-bond acceptors (Lipinski definition) is 4. The summed E-state index contributed by atoms with van der Waals surface area (Å²) in [4.78, 5) is 14.5. The van der Waals surface area contributed by atoms with Crippen LogP contribution < -0.4 is 11.3 Å². The number of aryl methyl sites for hydroxylation is 1. The predicted molar refractivity (Wildman–Crippen MR) is 79.5 cm³/mol. The summed E-state index contributed by atoms with van der Waals surface area (Å²) in [5.41, 5.74) is 4.60. The molecule has 1 heterocycles. The predicted octanol–water partition coefficient (Wildman–Crippen LogP) is 1.92. The summed E-state index contributed by atoms with van der Waals surface area (Å²) >= 11 is 0. The standard InChI is InChI=1S/C15H23N3O2/c1-10-5-6-12(13(7-10)17-16)14(19)18-8-11(2)20-15(3,4)9-18/h5-7,11,17H,8-9,16H2,1-4H3. The Labute approximate surface area is 120 Å². The maximum absolute atomic E-state index is 12.7. The first kappa shape index (κ1) is 14.8. The molecule has 5 heteroatoms. The number of nitrogens with one attached hydrogen (secondary N) is 1. The van der Waals surface area contributed by atoms with Crippen molar-refractivity contribution in [1.82, 2.24) is 4.90 Å². The fraction of sp³-hybridized carbons (Fsp3) is 0.533. The average Bonchev–Trinajstić information content (AvgIpc) is 2.35. The highest BCUT2D eigenvalue weighted by molar-refractivity contribution is 5.99. The Balaban J connectivity index is 2.27. The Morgan fingerprint density at radius 1 is 1.50 bits per heavy atom. The Hall–Kier alpha value is -1.59. The van der Waals surface area contributed by atoms with Gasteiger partial charge in [0.2, 0.25) is 0 Å². The zero-order chi connectivity index (χ0) is 14.9. The number of hydrazine groups is 1. The molecule has 0 aliphatic carbocycles. The van der Waals surface area contributed by atoms with Gasteiger partial charge in [-0.05, 0) is 45.4 Å². The molecule has 1 amide bonds. The molecule has 0 aromatic heterocycles. The molecule has 1 aromatic carbocycles. The lowest BCUT2D eigenvalue weighted by atomic mass is 10.0. The lowest BCUT2D eigenvalue weighted by Gasteiger charge is -2.41. The van der Waals surface area contributed by atoms with E-state index < -0.39 is 0 Å². The van der Waals surface area contributed by atoms with Gasteiger partial charge in [-0.2, -0.15) is 0 Å². The van der Waals surface area contributed by atoms with E-state index in [0.29, 0.717) is 24.3 Å². The number of hydrogen-bond donors (Lipinski definition) is 2. The third-order valence-electron chi connectivity index (χ3n) is 3.42. The molecule has 1 atom stereocenters. The molecule has 20 heavy (non-hydrogen) atoms. The number of nitrogens with zero attached hydrogens (tertiary/aromatic N) is 1. The van der Waals surface area contributed by atoms with Crippen molar-refractivity contribution < 1.29 is 9.53 Å². The van der Waals surface area contributed by atoms with Gasteiger partial charge in [0.1, 0.15) is 0 Å². The number of carbonyl (C=O) groups is 1. The van der Waals surface area contributed by atoms with Gasteiger partial charge in [0, 0.05) is 13.1 Å². The maximum atomic E-state index is 12.7. The van der Waals surface area contributed by atoms with Gasteiger partial charge in [-0.25, -0.2) is 0 Å². The van der Waals surface area contributed by atoms with Crippen LogP contribution in [0.2, 0.25) is 0 Å². The van der Waals surface area contributed by atoms with Crippen molar-refractivity contribution >= 4 is 11.6 Å². The van der Waals surface area contributed by atoms with Gasteiger partial charge in [-0.1, -0.05) is 6.07 Å². The van der Waals surface area contributed by atoms with Crippen LogP contribution in [0, 0.1) is 6.92 Å². The van der Waals surface area contributed by atoms with Crippen molar-refractivity contribution in [2.24, 2.45) is 5.84 Å². The molecule has 110 valence electrons. The molecule has 2 rings (SSSR count). The summed E-state index contributed by atoms with van der Waals surface area (Å²) < 4.78 is 5.83. The molecule has 1 aliphatic rings. The number of ether oxygens (including phenoxy) is 1. The number of morpholine rings is 1. The van der Waals surface area contributed by atoms with Crippen molar-refractivity contribution in [2.45, 2.75) is 39.4 Å². The number of nitrogens with two attached hydrogens (primary N) is 1. The lowest BCUT2D eigenvalue weighted by molar-refractivity contribution is -0.118. The number of nitrogen functional groups attached to an aromatic ring is 1. The van der Waals surface area contributed by atoms with E-state index in [-0.39, 0.29) is 17.6 Å². The molecule has 0 bridgehead atoms. The molecule has 0 radical (unpaired) electrons. The minimum absolute atomic E-state index is 0.0128. The minimum Gasteiger partial charge on any atom is -0.369 e. The zero-order valence-electron chi connectivity index (χ0n) is 12.6. The number of rotatable bonds is 2. The lowest BCUT2D eigenvalue weighted by Crippen LogP contribution is -2.53. The molecular weight excluding hydrogens is 254 g/mol. The highest BCUT2D eigenvalue weighted by Gasteiger charge is 2.34. The van der Waals surface area contributed by atoms with E-state index in [4.69, 9.17) is 10.6 Å². The molecular formula is C15H23N3O2. The van der Waals surface area contributed by atoms with Crippen LogP contribution in [0.3, 0.4) is 0 Å². The molecule has 1 aliphatic heterocycles. The second-order valence-corrected chi connectivity index (χ2v) is 6.07. The Morgan fingerprint density at radius 3 is 2.80 bits per heavy atom. The summed E-state index contributed by atoms with van der Waals surface area (Å²) in [5.74, 6) is 5.51. The third kappa shape index (κ3) is 3.11. The van der Waals surface area contributed by atoms with E-state index >= 15 is 0 Å². The average molecular weight is 277 g/mol. The summed E-state index contributed by atoms with van der Waals surface area (Å²) in [6.07, 6.45) is 0.0300. The summed E-state index contributed by atoms with van der Waals surface area (Å²) in [6.45, 7) is 9.13. The minimum atomic E-state index is -0.325. The first-order valence-electron chi connectivity index (χ1n) is 6.87. The maximum Gasteiger partial charge on any atom is 0.256 e. The van der Waals surface area contributed by atoms with E-state index in [2.05, 4.69) is 5.43 Å². The van der Waals surface area contributed by atoms with Crippen LogP contribution in [0.25, 0.3) is 0 Å². The number of anilines is 1. The Morgan fingerprint density at radius 2 is 2.20 bits per heavy atom. The van der Waals surface area contributed by atoms with Crippen LogP contribution in [0.4, 0.5) is 5.69 Å². The molecule has 1 saturated heterocycles. The first-order chi connectivity index (χ1) is 9.32. The number of amides is 1. The molecule has 1 aromatic rings. The van der Waals surface area contributed by atoms with Crippen molar-refractivity contribution in [1.29, 1.82) is 0 Å². The number of benzene rings is 1. The van der Waals surface area contributed by atoms with Gasteiger partial charge in [0.15, 0.2) is 0 Å². The largest absolute Gasteiger partial charge is 0.369 e. The monoisotopic (exact) mass is 277 g/mol. The first-order valence-corrected chi connectivity index (χ1v) is 6.87. The topological polar surface area (TPSA) is 67.6 Å². The van der Waals surface area contributed by atoms with Gasteiger partial charge in [0.25, 0.3) is 5.91 Å². The molecule has 0 spiro atoms. The zero-order valence-corrected chi connectivity index (χ0v) is 12.6. The molecule has 5 nitrogen and oxygen atoms in total. The Kier molecular flexibility index (Phi) is 4.01. The highest BCUT2D eigenvalue weighted by Crippen LogP contribution is 2.25. The molecule has 3 N–H and O–H groups in total. The van der Waals surface area contributed by atoms with Crippen molar-refractivity contribution in [3.05, 3.63) is 29.3 Å². The van der Waals surface area contributed by atoms with Crippen LogP contribution in [0.1, 0.15) is 36.7 Å². The van der Waals surface area contributed by atoms with Gasteiger partial charge in [-0.3, -0.25) is 10.6 Å². The van der Waals surface area contributed by atoms with Crippen LogP contribution in [0.15, 0.2) is 18.2 Å². The van der Waals surface area contributed by atoms with Gasteiger partial charge >= 0.3 is 0 Å². The van der Waals surface area contributed by atoms with Crippen LogP contribution in [-0.2, 0) is 4.74 Å². The fourth-order valence-electron chi connectivity index (χ4n) is 2.74. The van der Waals surface area contributed by atoms with Crippen LogP contribution >= 0.6 is 0 Å². The number of carbonyl (C=O) groups excluding carboxylic acids is 1. The van der Waals surface area contributed by atoms with E-state index in [1.807, 2.05) is 50.8 Å². The summed E-state index contributed by atoms with van der Waals surface area (Å²) in [5, 5.41) is 0. The van der Waals surface area contributed by atoms with E-state index in [1.165, 1.54) is 0 Å². The van der Waals surface area contributed by atoms with Crippen molar-refractivity contribution in [3.63, 3.8) is 0 Å². The molecule has 1 fully saturated rings. The SMILES string of the molecule is Cc1ccc(C(=O)N2CC(C)OC(C)(C)C2)c(NN)c1. The Bertz CT molecular complexity index is 514. The smallest absolute Gasteiger partial charge is 0.256 e. The van der Waals surface area contributed by atoms with Crippen molar-refractivity contribution in [3.8, 4) is 0 Å². The van der Waals surface area contributed by atoms with Gasteiger partial charge in [0.05, 0.1) is 23.0 Å². The van der Waals surface area contributed by atoms with E-state index in [0.717, 1.165) is 5.56 Å². The van der Waals surface area contributed by atoms with Gasteiger partial charge in [-0.15, -0.1) is 0 Å². The second-order valence-electron chi connectivity index (χ2n) is 6.07. The van der Waals surface area contributed by atoms with E-state index in [9.17, 15) is 4.79 Å². The molecule has 1 unspecified atom stereocenters. The third-order valence-corrected chi connectivity index (χ3v) is 3.42. The summed E-state index contributed by atoms with van der Waals surface area (Å²) in [7, 11) is 0. The van der Waals surface area contributed by atoms with E-state index in [1.54, 1.807) is 0 Å².